The van der Waals surface area contributed by atoms with Gasteiger partial charge in [0.15, 0.2) is 0 Å². The van der Waals surface area contributed by atoms with E-state index in [2.05, 4.69) is 10.3 Å². The maximum atomic E-state index is 11.8. The Balaban J connectivity index is 2.05. The summed E-state index contributed by atoms with van der Waals surface area (Å²) < 4.78 is 5.07. The van der Waals surface area contributed by atoms with Crippen molar-refractivity contribution in [1.82, 2.24) is 15.2 Å². The molecule has 0 saturated carbocycles. The molecular weight excluding hydrogens is 218 g/mol. The minimum absolute atomic E-state index is 0.132. The van der Waals surface area contributed by atoms with Crippen LogP contribution in [0.25, 0.3) is 0 Å². The molecule has 0 radical (unpaired) electrons. The molecule has 1 fully saturated rings. The van der Waals surface area contributed by atoms with E-state index < -0.39 is 0 Å². The molecule has 1 aliphatic heterocycles. The van der Waals surface area contributed by atoms with Crippen LogP contribution in [-0.4, -0.2) is 42.5 Å². The first-order chi connectivity index (χ1) is 8.29. The number of carbonyl (C=O) groups excluding carboxylic acids is 1. The van der Waals surface area contributed by atoms with Crippen LogP contribution in [0.1, 0.15) is 12.1 Å². The molecule has 0 spiro atoms. The van der Waals surface area contributed by atoms with Gasteiger partial charge in [-0.2, -0.15) is 0 Å². The quantitative estimate of drug-likeness (QED) is 0.824. The number of amides is 1. The minimum Gasteiger partial charge on any atom is -0.481 e. The summed E-state index contributed by atoms with van der Waals surface area (Å²) in [5.74, 6) is 0.718. The number of hydrogen-bond donors (Lipinski definition) is 1. The second kappa shape index (κ2) is 5.63. The fourth-order valence-electron chi connectivity index (χ4n) is 1.85. The number of nitrogens with zero attached hydrogens (tertiary/aromatic N) is 2. The van der Waals surface area contributed by atoms with Crippen molar-refractivity contribution in [3.8, 4) is 5.88 Å². The molecule has 0 aromatic carbocycles. The van der Waals surface area contributed by atoms with Crippen LogP contribution in [-0.2, 0) is 11.3 Å². The molecular formula is C12H17N3O2. The second-order valence-corrected chi connectivity index (χ2v) is 4.02. The third-order valence-corrected chi connectivity index (χ3v) is 2.75. The smallest absolute Gasteiger partial charge is 0.236 e. The van der Waals surface area contributed by atoms with Crippen molar-refractivity contribution in [2.45, 2.75) is 13.0 Å². The van der Waals surface area contributed by atoms with Crippen LogP contribution in [0.5, 0.6) is 5.88 Å². The first kappa shape index (κ1) is 11.9. The lowest BCUT2D eigenvalue weighted by Gasteiger charge is -2.19. The zero-order valence-electron chi connectivity index (χ0n) is 9.98. The number of hydrogen-bond acceptors (Lipinski definition) is 4. The van der Waals surface area contributed by atoms with Crippen LogP contribution in [0, 0.1) is 0 Å². The van der Waals surface area contributed by atoms with Gasteiger partial charge >= 0.3 is 0 Å². The van der Waals surface area contributed by atoms with Crippen LogP contribution >= 0.6 is 0 Å². The van der Waals surface area contributed by atoms with E-state index in [1.807, 2.05) is 17.0 Å². The number of pyridine rings is 1. The van der Waals surface area contributed by atoms with Gasteiger partial charge in [0.25, 0.3) is 0 Å². The average Bonchev–Trinajstić information content (AvgIpc) is 2.55. The summed E-state index contributed by atoms with van der Waals surface area (Å²) in [7, 11) is 1.59. The largest absolute Gasteiger partial charge is 0.481 e. The van der Waals surface area contributed by atoms with Crippen molar-refractivity contribution in [3.63, 3.8) is 0 Å². The third kappa shape index (κ3) is 3.17. The van der Waals surface area contributed by atoms with Crippen LogP contribution in [0.15, 0.2) is 18.2 Å². The number of nitrogens with one attached hydrogen (secondary N) is 1. The number of aromatic nitrogens is 1. The zero-order valence-corrected chi connectivity index (χ0v) is 9.98. The summed E-state index contributed by atoms with van der Waals surface area (Å²) in [6.45, 7) is 2.65. The normalized spacial score (nSPS) is 16.8. The molecule has 0 aliphatic carbocycles. The fraction of sp³-hybridized carbons (Fsp3) is 0.500. The molecule has 0 unspecified atom stereocenters. The molecule has 1 N–H and O–H groups in total. The zero-order chi connectivity index (χ0) is 12.1. The van der Waals surface area contributed by atoms with Crippen molar-refractivity contribution < 1.29 is 9.53 Å². The Morgan fingerprint density at radius 2 is 2.41 bits per heavy atom. The van der Waals surface area contributed by atoms with Crippen molar-refractivity contribution in [2.75, 3.05) is 26.7 Å². The Kier molecular flexibility index (Phi) is 3.93. The van der Waals surface area contributed by atoms with Gasteiger partial charge in [-0.25, -0.2) is 4.98 Å². The molecule has 1 aromatic heterocycles. The van der Waals surface area contributed by atoms with Crippen LogP contribution in [0.2, 0.25) is 0 Å². The predicted molar refractivity (Wildman–Crippen MR) is 63.7 cm³/mol. The summed E-state index contributed by atoms with van der Waals surface area (Å²) in [4.78, 5) is 17.9. The maximum absolute atomic E-state index is 11.8. The SMILES string of the molecule is COc1cccc(CN2CCCNCC2=O)n1. The Bertz CT molecular complexity index is 395. The van der Waals surface area contributed by atoms with E-state index in [0.29, 0.717) is 19.0 Å². The topological polar surface area (TPSA) is 54.5 Å². The molecule has 0 bridgehead atoms. The van der Waals surface area contributed by atoms with Gasteiger partial charge in [0.05, 0.1) is 25.9 Å². The Morgan fingerprint density at radius 1 is 1.53 bits per heavy atom. The van der Waals surface area contributed by atoms with Gasteiger partial charge in [-0.1, -0.05) is 6.07 Å². The highest BCUT2D eigenvalue weighted by Gasteiger charge is 2.16. The van der Waals surface area contributed by atoms with Crippen molar-refractivity contribution in [1.29, 1.82) is 0 Å². The lowest BCUT2D eigenvalue weighted by molar-refractivity contribution is -0.130. The van der Waals surface area contributed by atoms with Crippen LogP contribution in [0.3, 0.4) is 0 Å². The standard InChI is InChI=1S/C12H17N3O2/c1-17-11-5-2-4-10(14-11)9-15-7-3-6-13-8-12(15)16/h2,4-5,13H,3,6-9H2,1H3. The third-order valence-electron chi connectivity index (χ3n) is 2.75. The minimum atomic E-state index is 0.132. The molecule has 2 rings (SSSR count). The molecule has 92 valence electrons. The molecule has 5 heteroatoms. The van der Waals surface area contributed by atoms with E-state index in [1.54, 1.807) is 13.2 Å². The second-order valence-electron chi connectivity index (χ2n) is 4.02. The molecule has 17 heavy (non-hydrogen) atoms. The molecule has 1 aliphatic rings. The Hall–Kier alpha value is -1.62. The molecule has 1 saturated heterocycles. The highest BCUT2D eigenvalue weighted by atomic mass is 16.5. The van der Waals surface area contributed by atoms with Gasteiger partial charge in [0, 0.05) is 12.6 Å². The Labute approximate surface area is 101 Å². The van der Waals surface area contributed by atoms with E-state index in [9.17, 15) is 4.79 Å². The predicted octanol–water partition coefficient (Wildman–Crippen LogP) is 0.412. The van der Waals surface area contributed by atoms with Gasteiger partial charge in [-0.15, -0.1) is 0 Å². The van der Waals surface area contributed by atoms with Gasteiger partial charge in [-0.05, 0) is 19.0 Å². The van der Waals surface area contributed by atoms with Gasteiger partial charge in [0.2, 0.25) is 11.8 Å². The van der Waals surface area contributed by atoms with E-state index in [1.165, 1.54) is 0 Å². The fourth-order valence-corrected chi connectivity index (χ4v) is 1.85. The van der Waals surface area contributed by atoms with Crippen molar-refractivity contribution in [3.05, 3.63) is 23.9 Å². The maximum Gasteiger partial charge on any atom is 0.236 e. The molecule has 2 heterocycles. The summed E-state index contributed by atoms with van der Waals surface area (Å²) in [6.07, 6.45) is 0.982. The number of carbonyl (C=O) groups is 1. The first-order valence-corrected chi connectivity index (χ1v) is 5.78. The number of methoxy groups -OCH3 is 1. The number of ether oxygens (including phenoxy) is 1. The highest BCUT2D eigenvalue weighted by molar-refractivity contribution is 5.78. The lowest BCUT2D eigenvalue weighted by atomic mass is 10.3. The van der Waals surface area contributed by atoms with E-state index in [0.717, 1.165) is 25.2 Å². The molecule has 5 nitrogen and oxygen atoms in total. The van der Waals surface area contributed by atoms with Crippen molar-refractivity contribution >= 4 is 5.91 Å². The molecule has 1 aromatic rings. The summed E-state index contributed by atoms with van der Waals surface area (Å²) in [6, 6.07) is 5.60. The average molecular weight is 235 g/mol. The summed E-state index contributed by atoms with van der Waals surface area (Å²) in [5.41, 5.74) is 0.861. The van der Waals surface area contributed by atoms with Crippen LogP contribution < -0.4 is 10.1 Å². The van der Waals surface area contributed by atoms with Gasteiger partial charge in [-0.3, -0.25) is 4.79 Å². The van der Waals surface area contributed by atoms with E-state index in [4.69, 9.17) is 4.74 Å². The van der Waals surface area contributed by atoms with Crippen molar-refractivity contribution in [2.24, 2.45) is 0 Å². The molecule has 0 atom stereocenters. The van der Waals surface area contributed by atoms with Crippen LogP contribution in [0.4, 0.5) is 0 Å². The lowest BCUT2D eigenvalue weighted by Crippen LogP contribution is -2.34. The Morgan fingerprint density at radius 3 is 3.24 bits per heavy atom. The van der Waals surface area contributed by atoms with Gasteiger partial charge in [0.1, 0.15) is 0 Å². The first-order valence-electron chi connectivity index (χ1n) is 5.78. The van der Waals surface area contributed by atoms with E-state index in [-0.39, 0.29) is 5.91 Å². The van der Waals surface area contributed by atoms with Gasteiger partial charge < -0.3 is 15.0 Å². The van der Waals surface area contributed by atoms with E-state index >= 15 is 0 Å². The summed E-state index contributed by atoms with van der Waals surface area (Å²) in [5, 5.41) is 3.10. The molecule has 1 amide bonds. The monoisotopic (exact) mass is 235 g/mol. The highest BCUT2D eigenvalue weighted by Crippen LogP contribution is 2.10. The number of rotatable bonds is 3. The summed E-state index contributed by atoms with van der Waals surface area (Å²) >= 11 is 0.